The summed E-state index contributed by atoms with van der Waals surface area (Å²) in [6.45, 7) is 2.05. The Labute approximate surface area is 162 Å². The second-order valence-electron chi connectivity index (χ2n) is 6.59. The maximum atomic E-state index is 10.6. The van der Waals surface area contributed by atoms with Crippen LogP contribution >= 0.6 is 0 Å². The van der Waals surface area contributed by atoms with Crippen LogP contribution in [0, 0.1) is 0 Å². The molecule has 0 saturated carbocycles. The normalized spacial score (nSPS) is 14.0. The third-order valence-corrected chi connectivity index (χ3v) is 4.42. The highest BCUT2D eigenvalue weighted by Gasteiger charge is 2.38. The lowest BCUT2D eigenvalue weighted by atomic mass is 9.97. The minimum absolute atomic E-state index is 0.958. The van der Waals surface area contributed by atoms with Gasteiger partial charge in [0.15, 0.2) is 0 Å². The summed E-state index contributed by atoms with van der Waals surface area (Å²) in [5, 5.41) is 10.7. The molecular weight excluding hydrogens is 369 g/mol. The van der Waals surface area contributed by atoms with E-state index in [1.54, 1.807) is 5.57 Å². The van der Waals surface area contributed by atoms with Gasteiger partial charge < -0.3 is 15.0 Å². The Bertz CT molecular complexity index is 751. The van der Waals surface area contributed by atoms with E-state index in [-0.39, 0.29) is 0 Å². The highest BCUT2D eigenvalue weighted by Crippen LogP contribution is 2.19. The van der Waals surface area contributed by atoms with E-state index in [0.717, 1.165) is 13.1 Å². The number of rotatable bonds is 6. The topological polar surface area (TPSA) is 54.3 Å². The fourth-order valence-electron chi connectivity index (χ4n) is 2.91. The summed E-state index contributed by atoms with van der Waals surface area (Å²) in [7, 11) is 0. The standard InChI is InChI=1S/C19H24N2.C2HF3O2/c1-2-6-17(7-3-1)12-13-20-16-18-8-10-19(11-9-18)21-14-4-5-15-21;3-2(4,5)1(6)7/h4-6,8-11,14-15,20H,1-3,7,12-13,16H2;(H,6,7). The zero-order chi connectivity index (χ0) is 20.4. The molecule has 0 radical (unpaired) electrons. The van der Waals surface area contributed by atoms with Crippen molar-refractivity contribution in [2.45, 2.75) is 44.8 Å². The Morgan fingerprint density at radius 2 is 1.75 bits per heavy atom. The quantitative estimate of drug-likeness (QED) is 0.530. The average Bonchev–Trinajstić information content (AvgIpc) is 3.21. The summed E-state index contributed by atoms with van der Waals surface area (Å²) in [5.74, 6) is -2.76. The summed E-state index contributed by atoms with van der Waals surface area (Å²) in [6.07, 6.45) is 8.08. The fraction of sp³-hybridized carbons (Fsp3) is 0.381. The van der Waals surface area contributed by atoms with Crippen molar-refractivity contribution in [3.05, 3.63) is 66.0 Å². The first-order valence-electron chi connectivity index (χ1n) is 9.27. The zero-order valence-electron chi connectivity index (χ0n) is 15.6. The monoisotopic (exact) mass is 394 g/mol. The van der Waals surface area contributed by atoms with E-state index in [9.17, 15) is 13.2 Å². The van der Waals surface area contributed by atoms with E-state index in [0.29, 0.717) is 0 Å². The molecule has 1 aliphatic rings. The Balaban J connectivity index is 0.000000345. The van der Waals surface area contributed by atoms with Gasteiger partial charge in [0, 0.05) is 24.6 Å². The molecule has 1 aromatic carbocycles. The smallest absolute Gasteiger partial charge is 0.475 e. The number of hydrogen-bond donors (Lipinski definition) is 2. The van der Waals surface area contributed by atoms with Crippen LogP contribution in [0.2, 0.25) is 0 Å². The van der Waals surface area contributed by atoms with Crippen molar-refractivity contribution in [3.8, 4) is 5.69 Å². The van der Waals surface area contributed by atoms with E-state index < -0.39 is 12.1 Å². The molecular formula is C21H25F3N2O2. The van der Waals surface area contributed by atoms with Crippen LogP contribution in [0.4, 0.5) is 13.2 Å². The van der Waals surface area contributed by atoms with E-state index in [1.165, 1.54) is 43.4 Å². The van der Waals surface area contributed by atoms with Gasteiger partial charge in [-0.05, 0) is 68.5 Å². The molecule has 1 heterocycles. The third kappa shape index (κ3) is 7.60. The van der Waals surface area contributed by atoms with Crippen LogP contribution in [0.15, 0.2) is 60.4 Å². The van der Waals surface area contributed by atoms with Crippen LogP contribution in [0.1, 0.15) is 37.7 Å². The van der Waals surface area contributed by atoms with Crippen molar-refractivity contribution < 1.29 is 23.1 Å². The summed E-state index contributed by atoms with van der Waals surface area (Å²) in [5.41, 5.74) is 4.22. The summed E-state index contributed by atoms with van der Waals surface area (Å²) in [4.78, 5) is 8.90. The van der Waals surface area contributed by atoms with Crippen LogP contribution in [-0.2, 0) is 11.3 Å². The SMILES string of the molecule is C1=C(CCNCc2ccc(-n3cccc3)cc2)CCCC1.O=C(O)C(F)(F)F. The van der Waals surface area contributed by atoms with Crippen molar-refractivity contribution in [1.29, 1.82) is 0 Å². The van der Waals surface area contributed by atoms with E-state index in [2.05, 4.69) is 64.8 Å². The highest BCUT2D eigenvalue weighted by molar-refractivity contribution is 5.73. The van der Waals surface area contributed by atoms with Gasteiger partial charge in [-0.15, -0.1) is 0 Å². The number of nitrogens with one attached hydrogen (secondary N) is 1. The van der Waals surface area contributed by atoms with Gasteiger partial charge in [0.25, 0.3) is 0 Å². The fourth-order valence-corrected chi connectivity index (χ4v) is 2.91. The van der Waals surface area contributed by atoms with Gasteiger partial charge in [-0.25, -0.2) is 4.79 Å². The van der Waals surface area contributed by atoms with Crippen LogP contribution in [0.3, 0.4) is 0 Å². The van der Waals surface area contributed by atoms with Crippen LogP contribution in [0.25, 0.3) is 5.69 Å². The predicted octanol–water partition coefficient (Wildman–Crippen LogP) is 5.09. The molecule has 2 aromatic rings. The first-order chi connectivity index (χ1) is 13.4. The molecule has 0 spiro atoms. The maximum absolute atomic E-state index is 10.6. The van der Waals surface area contributed by atoms with Gasteiger partial charge in [-0.2, -0.15) is 13.2 Å². The molecule has 2 N–H and O–H groups in total. The molecule has 0 saturated heterocycles. The lowest BCUT2D eigenvalue weighted by Crippen LogP contribution is -2.21. The third-order valence-electron chi connectivity index (χ3n) is 4.42. The van der Waals surface area contributed by atoms with Gasteiger partial charge in [-0.3, -0.25) is 0 Å². The number of allylic oxidation sites excluding steroid dienone is 1. The Morgan fingerprint density at radius 3 is 2.29 bits per heavy atom. The predicted molar refractivity (Wildman–Crippen MR) is 102 cm³/mol. The number of carboxylic acids is 1. The summed E-state index contributed by atoms with van der Waals surface area (Å²) in [6, 6.07) is 12.9. The minimum Gasteiger partial charge on any atom is -0.475 e. The Morgan fingerprint density at radius 1 is 1.11 bits per heavy atom. The molecule has 0 fully saturated rings. The molecule has 1 aromatic heterocycles. The molecule has 28 heavy (non-hydrogen) atoms. The van der Waals surface area contributed by atoms with E-state index in [4.69, 9.17) is 9.90 Å². The summed E-state index contributed by atoms with van der Waals surface area (Å²) < 4.78 is 33.9. The van der Waals surface area contributed by atoms with Crippen LogP contribution in [0.5, 0.6) is 0 Å². The number of benzene rings is 1. The van der Waals surface area contributed by atoms with Crippen molar-refractivity contribution in [2.75, 3.05) is 6.54 Å². The first kappa shape index (κ1) is 21.8. The second-order valence-corrected chi connectivity index (χ2v) is 6.59. The molecule has 4 nitrogen and oxygen atoms in total. The Hall–Kier alpha value is -2.54. The molecule has 0 amide bonds. The molecule has 7 heteroatoms. The summed E-state index contributed by atoms with van der Waals surface area (Å²) >= 11 is 0. The molecule has 1 aliphatic carbocycles. The van der Waals surface area contributed by atoms with E-state index in [1.807, 2.05) is 0 Å². The molecule has 3 rings (SSSR count). The Kier molecular flexibility index (Phi) is 8.32. The minimum atomic E-state index is -5.08. The number of halogens is 3. The molecule has 0 atom stereocenters. The molecule has 152 valence electrons. The van der Waals surface area contributed by atoms with Gasteiger partial charge in [0.2, 0.25) is 0 Å². The lowest BCUT2D eigenvalue weighted by Gasteiger charge is -2.13. The molecule has 0 aliphatic heterocycles. The van der Waals surface area contributed by atoms with Gasteiger partial charge >= 0.3 is 12.1 Å². The number of hydrogen-bond acceptors (Lipinski definition) is 2. The second kappa shape index (κ2) is 10.7. The number of nitrogens with zero attached hydrogens (tertiary/aromatic N) is 1. The number of carboxylic acid groups (broad SMARTS) is 1. The number of alkyl halides is 3. The van der Waals surface area contributed by atoms with Gasteiger partial charge in [0.1, 0.15) is 0 Å². The number of aromatic nitrogens is 1. The van der Waals surface area contributed by atoms with Gasteiger partial charge in [-0.1, -0.05) is 23.8 Å². The van der Waals surface area contributed by atoms with E-state index >= 15 is 0 Å². The molecule has 0 bridgehead atoms. The van der Waals surface area contributed by atoms with Crippen LogP contribution in [-0.4, -0.2) is 28.4 Å². The van der Waals surface area contributed by atoms with Crippen molar-refractivity contribution in [1.82, 2.24) is 9.88 Å². The van der Waals surface area contributed by atoms with Crippen LogP contribution < -0.4 is 5.32 Å². The maximum Gasteiger partial charge on any atom is 0.490 e. The number of aliphatic carboxylic acids is 1. The van der Waals surface area contributed by atoms with Crippen molar-refractivity contribution in [3.63, 3.8) is 0 Å². The highest BCUT2D eigenvalue weighted by atomic mass is 19.4. The van der Waals surface area contributed by atoms with Gasteiger partial charge in [0.05, 0.1) is 0 Å². The number of carbonyl (C=O) groups is 1. The first-order valence-corrected chi connectivity index (χ1v) is 9.27. The van der Waals surface area contributed by atoms with Crippen molar-refractivity contribution in [2.24, 2.45) is 0 Å². The lowest BCUT2D eigenvalue weighted by molar-refractivity contribution is -0.192. The molecule has 0 unspecified atom stereocenters. The zero-order valence-corrected chi connectivity index (χ0v) is 15.6. The van der Waals surface area contributed by atoms with Crippen molar-refractivity contribution >= 4 is 5.97 Å². The largest absolute Gasteiger partial charge is 0.490 e. The average molecular weight is 394 g/mol.